The largest absolute Gasteiger partial charge is 0.508 e. The Labute approximate surface area is 186 Å². The van der Waals surface area contributed by atoms with Crippen molar-refractivity contribution in [3.05, 3.63) is 28.8 Å². The zero-order valence-electron chi connectivity index (χ0n) is 18.9. The minimum atomic E-state index is 0.278. The van der Waals surface area contributed by atoms with Gasteiger partial charge in [-0.25, -0.2) is 0 Å². The predicted molar refractivity (Wildman–Crippen MR) is 123 cm³/mol. The maximum Gasteiger partial charge on any atom is 0.236 e. The van der Waals surface area contributed by atoms with Gasteiger partial charge < -0.3 is 20.2 Å². The molecule has 2 saturated heterocycles. The quantitative estimate of drug-likeness (QED) is 0.568. The van der Waals surface area contributed by atoms with Gasteiger partial charge in [0.05, 0.1) is 6.54 Å². The van der Waals surface area contributed by atoms with Crippen molar-refractivity contribution < 1.29 is 9.90 Å². The van der Waals surface area contributed by atoms with E-state index in [1.165, 1.54) is 30.4 Å². The summed E-state index contributed by atoms with van der Waals surface area (Å²) in [6.45, 7) is 6.41. The molecule has 1 aromatic carbocycles. The lowest BCUT2D eigenvalue weighted by Gasteiger charge is -2.37. The number of carbonyl (C=O) groups excluding carboxylic acids is 1. The van der Waals surface area contributed by atoms with Crippen LogP contribution in [0.4, 0.5) is 0 Å². The van der Waals surface area contributed by atoms with Crippen LogP contribution in [0.2, 0.25) is 0 Å². The molecule has 1 aliphatic carbocycles. The van der Waals surface area contributed by atoms with Gasteiger partial charge in [-0.3, -0.25) is 14.7 Å². The van der Waals surface area contributed by atoms with Gasteiger partial charge >= 0.3 is 0 Å². The smallest absolute Gasteiger partial charge is 0.236 e. The summed E-state index contributed by atoms with van der Waals surface area (Å²) in [6.07, 6.45) is 8.10. The van der Waals surface area contributed by atoms with Crippen LogP contribution < -0.4 is 5.32 Å². The molecule has 0 unspecified atom stereocenters. The Kier molecular flexibility index (Phi) is 7.33. The summed E-state index contributed by atoms with van der Waals surface area (Å²) in [5.41, 5.74) is 3.71. The van der Waals surface area contributed by atoms with E-state index in [1.807, 2.05) is 18.0 Å². The molecule has 2 N–H and O–H groups in total. The number of aromatic hydroxyl groups is 1. The molecule has 0 radical (unpaired) electrons. The number of nitrogens with zero attached hydrogens (tertiary/aromatic N) is 4. The first-order valence-corrected chi connectivity index (χ1v) is 11.9. The highest BCUT2D eigenvalue weighted by atomic mass is 16.3. The summed E-state index contributed by atoms with van der Waals surface area (Å²) in [5.74, 6) is 1.53. The third-order valence-electron chi connectivity index (χ3n) is 7.00. The number of hydrogen-bond acceptors (Lipinski definition) is 4. The number of piperidine rings is 1. The molecule has 0 atom stereocenters. The number of piperazine rings is 1. The number of hydrogen-bond donors (Lipinski definition) is 2. The number of guanidine groups is 1. The maximum absolute atomic E-state index is 12.6. The highest BCUT2D eigenvalue weighted by molar-refractivity contribution is 5.80. The van der Waals surface area contributed by atoms with E-state index in [9.17, 15) is 9.90 Å². The van der Waals surface area contributed by atoms with E-state index in [-0.39, 0.29) is 5.91 Å². The third kappa shape index (κ3) is 5.32. The lowest BCUT2D eigenvalue weighted by molar-refractivity contribution is -0.133. The molecule has 31 heavy (non-hydrogen) atoms. The summed E-state index contributed by atoms with van der Waals surface area (Å²) < 4.78 is 0. The number of rotatable bonds is 4. The molecule has 0 bridgehead atoms. The number of nitrogens with one attached hydrogen (secondary N) is 1. The van der Waals surface area contributed by atoms with E-state index < -0.39 is 0 Å². The number of aryl methyl sites for hydroxylation is 1. The SMILES string of the molecule is CN=C(NCc1c(O)ccc2c1CCCC2)N1CCN(CC(=O)N2CCCCC2)CC1. The zero-order chi connectivity index (χ0) is 21.6. The van der Waals surface area contributed by atoms with Gasteiger partial charge in [-0.1, -0.05) is 6.07 Å². The molecule has 0 spiro atoms. The van der Waals surface area contributed by atoms with Gasteiger partial charge in [-0.15, -0.1) is 0 Å². The molecule has 4 rings (SSSR count). The highest BCUT2D eigenvalue weighted by Crippen LogP contribution is 2.30. The lowest BCUT2D eigenvalue weighted by Crippen LogP contribution is -2.54. The van der Waals surface area contributed by atoms with Crippen molar-refractivity contribution in [1.82, 2.24) is 20.0 Å². The summed E-state index contributed by atoms with van der Waals surface area (Å²) >= 11 is 0. The van der Waals surface area contributed by atoms with Crippen molar-refractivity contribution in [1.29, 1.82) is 0 Å². The summed E-state index contributed by atoms with van der Waals surface area (Å²) in [7, 11) is 1.81. The first-order valence-electron chi connectivity index (χ1n) is 11.9. The average Bonchev–Trinajstić information content (AvgIpc) is 2.82. The minimum absolute atomic E-state index is 0.278. The van der Waals surface area contributed by atoms with Crippen molar-refractivity contribution in [2.75, 3.05) is 52.9 Å². The Morgan fingerprint density at radius 2 is 1.71 bits per heavy atom. The normalized spacial score (nSPS) is 20.5. The first kappa shape index (κ1) is 21.9. The molecule has 170 valence electrons. The fourth-order valence-corrected chi connectivity index (χ4v) is 5.14. The fraction of sp³-hybridized carbons (Fsp3) is 0.667. The van der Waals surface area contributed by atoms with Crippen molar-refractivity contribution in [3.63, 3.8) is 0 Å². The lowest BCUT2D eigenvalue weighted by atomic mass is 9.88. The van der Waals surface area contributed by atoms with Gasteiger partial charge in [-0.2, -0.15) is 0 Å². The molecule has 2 heterocycles. The monoisotopic (exact) mass is 427 g/mol. The second-order valence-electron chi connectivity index (χ2n) is 9.01. The van der Waals surface area contributed by atoms with Gasteiger partial charge in [0.15, 0.2) is 5.96 Å². The van der Waals surface area contributed by atoms with E-state index in [1.54, 1.807) is 0 Å². The minimum Gasteiger partial charge on any atom is -0.508 e. The van der Waals surface area contributed by atoms with Crippen LogP contribution in [0.25, 0.3) is 0 Å². The number of carbonyl (C=O) groups is 1. The molecular weight excluding hydrogens is 390 g/mol. The number of benzene rings is 1. The van der Waals surface area contributed by atoms with E-state index in [2.05, 4.69) is 26.2 Å². The molecule has 7 heteroatoms. The van der Waals surface area contributed by atoms with Crippen molar-refractivity contribution in [2.45, 2.75) is 51.5 Å². The van der Waals surface area contributed by atoms with Crippen LogP contribution in [0, 0.1) is 0 Å². The number of fused-ring (bicyclic) bond motifs is 1. The second-order valence-corrected chi connectivity index (χ2v) is 9.01. The average molecular weight is 428 g/mol. The van der Waals surface area contributed by atoms with Gasteiger partial charge in [-0.05, 0) is 62.1 Å². The first-order chi connectivity index (χ1) is 15.2. The molecule has 7 nitrogen and oxygen atoms in total. The van der Waals surface area contributed by atoms with Gasteiger partial charge in [0.25, 0.3) is 0 Å². The zero-order valence-corrected chi connectivity index (χ0v) is 18.9. The molecule has 3 aliphatic rings. The van der Waals surface area contributed by atoms with Gasteiger partial charge in [0, 0.05) is 58.4 Å². The third-order valence-corrected chi connectivity index (χ3v) is 7.00. The van der Waals surface area contributed by atoms with Gasteiger partial charge in [0.2, 0.25) is 5.91 Å². The molecule has 0 aromatic heterocycles. The van der Waals surface area contributed by atoms with Crippen molar-refractivity contribution in [2.24, 2.45) is 4.99 Å². The Morgan fingerprint density at radius 3 is 2.45 bits per heavy atom. The molecule has 1 amide bonds. The number of aliphatic imine (C=N–C) groups is 1. The topological polar surface area (TPSA) is 71.4 Å². The maximum atomic E-state index is 12.6. The number of phenols is 1. The van der Waals surface area contributed by atoms with E-state index in [0.29, 0.717) is 18.8 Å². The Balaban J connectivity index is 1.29. The van der Waals surface area contributed by atoms with Crippen molar-refractivity contribution in [3.8, 4) is 5.75 Å². The highest BCUT2D eigenvalue weighted by Gasteiger charge is 2.24. The molecule has 1 aromatic rings. The molecule has 0 saturated carbocycles. The summed E-state index contributed by atoms with van der Waals surface area (Å²) in [4.78, 5) is 23.6. The van der Waals surface area contributed by atoms with Gasteiger partial charge in [0.1, 0.15) is 5.75 Å². The van der Waals surface area contributed by atoms with Crippen LogP contribution in [-0.4, -0.2) is 84.5 Å². The molecule has 2 fully saturated rings. The standard InChI is InChI=1S/C24H37N5O2/c1-25-24(26-17-21-20-8-4-3-7-19(20)9-10-22(21)30)29-15-13-27(14-16-29)18-23(31)28-11-5-2-6-12-28/h9-10,30H,2-8,11-18H2,1H3,(H,25,26). The summed E-state index contributed by atoms with van der Waals surface area (Å²) in [6, 6.07) is 3.91. The van der Waals surface area contributed by atoms with Crippen LogP contribution in [0.1, 0.15) is 48.8 Å². The second kappa shape index (κ2) is 10.4. The molecular formula is C24H37N5O2. The van der Waals surface area contributed by atoms with E-state index in [4.69, 9.17) is 0 Å². The van der Waals surface area contributed by atoms with Crippen LogP contribution in [0.5, 0.6) is 5.75 Å². The summed E-state index contributed by atoms with van der Waals surface area (Å²) in [5, 5.41) is 13.9. The Hall–Kier alpha value is -2.28. The number of amides is 1. The van der Waals surface area contributed by atoms with Crippen LogP contribution in [-0.2, 0) is 24.2 Å². The number of phenolic OH excluding ortho intramolecular Hbond substituents is 1. The van der Waals surface area contributed by atoms with Crippen LogP contribution in [0.15, 0.2) is 17.1 Å². The van der Waals surface area contributed by atoms with E-state index in [0.717, 1.165) is 76.5 Å². The number of likely N-dealkylation sites (tertiary alicyclic amines) is 1. The van der Waals surface area contributed by atoms with Crippen LogP contribution in [0.3, 0.4) is 0 Å². The Morgan fingerprint density at radius 1 is 0.968 bits per heavy atom. The Bertz CT molecular complexity index is 795. The predicted octanol–water partition coefficient (Wildman–Crippen LogP) is 1.98. The van der Waals surface area contributed by atoms with Crippen molar-refractivity contribution >= 4 is 11.9 Å². The fourth-order valence-electron chi connectivity index (χ4n) is 5.14. The van der Waals surface area contributed by atoms with E-state index >= 15 is 0 Å². The van der Waals surface area contributed by atoms with Crippen LogP contribution >= 0.6 is 0 Å². The molecule has 2 aliphatic heterocycles.